The molecule has 0 radical (unpaired) electrons. The molecular formula is C126H84N6. The molecule has 0 spiro atoms. The first-order valence-corrected chi connectivity index (χ1v) is 45.3. The van der Waals surface area contributed by atoms with Crippen LogP contribution in [0.3, 0.4) is 0 Å². The van der Waals surface area contributed by atoms with Gasteiger partial charge in [0.2, 0.25) is 0 Å². The van der Waals surface area contributed by atoms with Crippen LogP contribution in [0.5, 0.6) is 0 Å². The highest BCUT2D eigenvalue weighted by atomic mass is 15.0. The molecule has 0 fully saturated rings. The zero-order valence-electron chi connectivity index (χ0n) is 72.2. The maximum atomic E-state index is 2.41. The molecule has 0 bridgehead atoms. The maximum Gasteiger partial charge on any atom is 0.0547 e. The Bertz CT molecular complexity index is 8930. The molecule has 0 unspecified atom stereocenters. The minimum absolute atomic E-state index is 1.16. The van der Waals surface area contributed by atoms with Crippen LogP contribution in [-0.4, -0.2) is 27.4 Å². The van der Waals surface area contributed by atoms with Crippen LogP contribution in [0.1, 0.15) is 0 Å². The number of para-hydroxylation sites is 9. The Labute approximate surface area is 763 Å². The number of aromatic nitrogens is 6. The molecule has 0 saturated heterocycles. The van der Waals surface area contributed by atoms with Gasteiger partial charge in [-0.1, -0.05) is 352 Å². The second-order valence-electron chi connectivity index (χ2n) is 34.3. The summed E-state index contributed by atoms with van der Waals surface area (Å²) in [5.41, 5.74) is 36.2. The molecule has 27 aromatic rings. The van der Waals surface area contributed by atoms with Crippen molar-refractivity contribution in [2.75, 3.05) is 0 Å². The fourth-order valence-electron chi connectivity index (χ4n) is 20.6. The molecule has 0 aliphatic heterocycles. The topological polar surface area (TPSA) is 29.6 Å². The highest BCUT2D eigenvalue weighted by molar-refractivity contribution is 6.17. The smallest absolute Gasteiger partial charge is 0.0547 e. The lowest BCUT2D eigenvalue weighted by atomic mass is 10.0. The van der Waals surface area contributed by atoms with Crippen molar-refractivity contribution in [2.45, 2.75) is 0 Å². The van der Waals surface area contributed by atoms with Gasteiger partial charge in [0, 0.05) is 98.8 Å². The average molecular weight is 1680 g/mol. The summed E-state index contributed by atoms with van der Waals surface area (Å²) in [6.07, 6.45) is 0. The van der Waals surface area contributed by atoms with E-state index in [2.05, 4.69) is 537 Å². The third kappa shape index (κ3) is 13.3. The van der Waals surface area contributed by atoms with Gasteiger partial charge in [0.15, 0.2) is 0 Å². The predicted octanol–water partition coefficient (Wildman–Crippen LogP) is 33.6. The lowest BCUT2D eigenvalue weighted by Gasteiger charge is -2.11. The van der Waals surface area contributed by atoms with Gasteiger partial charge in [-0.05, 0) is 224 Å². The summed E-state index contributed by atoms with van der Waals surface area (Å²) in [6.45, 7) is 0. The van der Waals surface area contributed by atoms with Crippen molar-refractivity contribution in [2.24, 2.45) is 0 Å². The molecule has 132 heavy (non-hydrogen) atoms. The van der Waals surface area contributed by atoms with Crippen molar-refractivity contribution < 1.29 is 0 Å². The molecule has 0 N–H and O–H groups in total. The minimum Gasteiger partial charge on any atom is -0.309 e. The minimum atomic E-state index is 1.16. The molecule has 6 aromatic heterocycles. The van der Waals surface area contributed by atoms with Crippen molar-refractivity contribution in [3.05, 3.63) is 510 Å². The largest absolute Gasteiger partial charge is 0.309 e. The summed E-state index contributed by atoms with van der Waals surface area (Å²) in [5.74, 6) is 0. The van der Waals surface area contributed by atoms with E-state index in [1.807, 2.05) is 0 Å². The van der Waals surface area contributed by atoms with Crippen LogP contribution < -0.4 is 0 Å². The van der Waals surface area contributed by atoms with Crippen LogP contribution in [-0.2, 0) is 0 Å². The Kier molecular flexibility index (Phi) is 18.8. The lowest BCUT2D eigenvalue weighted by Crippen LogP contribution is -1.94. The molecule has 0 amide bonds. The van der Waals surface area contributed by atoms with Crippen molar-refractivity contribution in [1.29, 1.82) is 0 Å². The van der Waals surface area contributed by atoms with Crippen molar-refractivity contribution in [3.63, 3.8) is 0 Å². The van der Waals surface area contributed by atoms with E-state index >= 15 is 0 Å². The highest BCUT2D eigenvalue weighted by Crippen LogP contribution is 2.45. The van der Waals surface area contributed by atoms with E-state index in [1.165, 1.54) is 215 Å². The van der Waals surface area contributed by atoms with Gasteiger partial charge in [0.1, 0.15) is 0 Å². The SMILES string of the molecule is c1ccc(-c2ccc(-n3c4ccccc4c4cc(-c5ccc6c(c5)c5ccccc5n6-c5cccc(-c6ccccc6)c5)ccc43)cc2)cc1.c1ccc(-c2ccc(-n3c4ccccc4c4ccc(-c5ccc6c7ccccc7n(-c7ccccc7)c6c5)cc43)cc2)cc1.c1ccc(-n2c3ccccc3c3ccc(-c4ccc5c6ccccc6n(-c6ccccc6)c5c4)cc32)cc1. The van der Waals surface area contributed by atoms with Crippen LogP contribution >= 0.6 is 0 Å². The summed E-state index contributed by atoms with van der Waals surface area (Å²) in [7, 11) is 0. The Morgan fingerprint density at radius 1 is 0.0833 bits per heavy atom. The van der Waals surface area contributed by atoms with Gasteiger partial charge in [-0.15, -0.1) is 0 Å². The molecule has 21 aromatic carbocycles. The van der Waals surface area contributed by atoms with Gasteiger partial charge in [-0.25, -0.2) is 0 Å². The molecule has 6 nitrogen and oxygen atoms in total. The van der Waals surface area contributed by atoms with E-state index in [-0.39, 0.29) is 0 Å². The molecular weight excluding hydrogens is 1600 g/mol. The molecule has 0 saturated carbocycles. The van der Waals surface area contributed by atoms with Gasteiger partial charge in [-0.3, -0.25) is 0 Å². The third-order valence-corrected chi connectivity index (χ3v) is 26.8. The monoisotopic (exact) mass is 1680 g/mol. The number of hydrogen-bond acceptors (Lipinski definition) is 0. The van der Waals surface area contributed by atoms with Crippen LogP contribution in [0.15, 0.2) is 510 Å². The Morgan fingerprint density at radius 2 is 0.258 bits per heavy atom. The van der Waals surface area contributed by atoms with E-state index in [9.17, 15) is 0 Å². The highest BCUT2D eigenvalue weighted by Gasteiger charge is 2.23. The third-order valence-electron chi connectivity index (χ3n) is 26.8. The van der Waals surface area contributed by atoms with E-state index < -0.39 is 0 Å². The van der Waals surface area contributed by atoms with E-state index in [0.717, 1.165) is 17.1 Å². The van der Waals surface area contributed by atoms with E-state index in [1.54, 1.807) is 0 Å². The number of fused-ring (bicyclic) bond motifs is 18. The van der Waals surface area contributed by atoms with Gasteiger partial charge >= 0.3 is 0 Å². The standard InChI is InChI=1S/C48H32N2.C42H28N2.C36H24N2/c1-3-12-33(13-4-1)35-22-26-39(27-23-35)49-45-20-9-7-18-41(45)43-31-37(24-28-47(43)49)38-25-29-48-44(32-38)42-19-8-10-21-46(42)50(48)40-17-11-16-36(30-40)34-14-5-2-6-15-34;1-3-11-29(12-4-1)30-19-23-34(24-20-30)44-40-18-10-8-16-36(40)38-26-22-32(28-42(38)44)31-21-25-37-35-15-7-9-17-39(35)43(41(37)27-31)33-13-5-2-6-14-33;1-3-11-27(12-4-1)37-33-17-9-7-15-29(33)31-21-19-25(23-35(31)37)26-20-22-32-30-16-8-10-18-34(30)38(36(32)24-26)28-13-5-2-6-14-28/h1-32H;1-28H;1-24H. The molecule has 0 aliphatic rings. The fraction of sp³-hybridized carbons (Fsp3) is 0. The average Bonchev–Trinajstić information content (AvgIpc) is 1.61. The summed E-state index contributed by atoms with van der Waals surface area (Å²) < 4.78 is 14.4. The second kappa shape index (κ2) is 32.4. The summed E-state index contributed by atoms with van der Waals surface area (Å²) >= 11 is 0. The molecule has 6 heterocycles. The number of rotatable bonds is 12. The molecule has 0 aliphatic carbocycles. The van der Waals surface area contributed by atoms with Gasteiger partial charge in [0.25, 0.3) is 0 Å². The summed E-state index contributed by atoms with van der Waals surface area (Å²) in [4.78, 5) is 0. The van der Waals surface area contributed by atoms with Crippen molar-refractivity contribution in [1.82, 2.24) is 27.4 Å². The van der Waals surface area contributed by atoms with E-state index in [0.29, 0.717) is 0 Å². The van der Waals surface area contributed by atoms with Crippen LogP contribution in [0, 0.1) is 0 Å². The Morgan fingerprint density at radius 3 is 0.561 bits per heavy atom. The molecule has 6 heteroatoms. The van der Waals surface area contributed by atoms with Crippen LogP contribution in [0.25, 0.3) is 232 Å². The zero-order valence-corrected chi connectivity index (χ0v) is 72.2. The molecule has 27 rings (SSSR count). The van der Waals surface area contributed by atoms with Crippen molar-refractivity contribution >= 4 is 131 Å². The second-order valence-corrected chi connectivity index (χ2v) is 34.3. The number of hydrogen-bond donors (Lipinski definition) is 0. The number of benzene rings is 21. The lowest BCUT2D eigenvalue weighted by molar-refractivity contribution is 1.18. The summed E-state index contributed by atoms with van der Waals surface area (Å²) in [5, 5.41) is 15.2. The first-order valence-electron chi connectivity index (χ1n) is 45.3. The van der Waals surface area contributed by atoms with E-state index in [4.69, 9.17) is 0 Å². The predicted molar refractivity (Wildman–Crippen MR) is 558 cm³/mol. The number of nitrogens with zero attached hydrogens (tertiary/aromatic N) is 6. The van der Waals surface area contributed by atoms with Crippen molar-refractivity contribution in [3.8, 4) is 101 Å². The normalized spacial score (nSPS) is 11.6. The quantitative estimate of drug-likeness (QED) is 0.117. The van der Waals surface area contributed by atoms with Crippen LogP contribution in [0.4, 0.5) is 0 Å². The Balaban J connectivity index is 0.000000107. The maximum absolute atomic E-state index is 2.41. The first kappa shape index (κ1) is 76.8. The van der Waals surface area contributed by atoms with Gasteiger partial charge < -0.3 is 27.4 Å². The molecule has 0 atom stereocenters. The Hall–Kier alpha value is -17.6. The van der Waals surface area contributed by atoms with Gasteiger partial charge in [0.05, 0.1) is 66.2 Å². The zero-order chi connectivity index (χ0) is 87.1. The fourth-order valence-corrected chi connectivity index (χ4v) is 20.6. The first-order chi connectivity index (χ1) is 65.5. The van der Waals surface area contributed by atoms with Gasteiger partial charge in [-0.2, -0.15) is 0 Å². The van der Waals surface area contributed by atoms with Crippen LogP contribution in [0.2, 0.25) is 0 Å². The molecule has 618 valence electrons. The summed E-state index contributed by atoms with van der Waals surface area (Å²) in [6, 6.07) is 184.